The quantitative estimate of drug-likeness (QED) is 0.699. The minimum absolute atomic E-state index is 0.197. The Morgan fingerprint density at radius 2 is 1.94 bits per heavy atom. The number of rotatable bonds is 4. The van der Waals surface area contributed by atoms with E-state index < -0.39 is 22.7 Å². The third-order valence-electron chi connectivity index (χ3n) is 6.45. The molecular formula is C24H27F3N4OS. The number of aromatic nitrogens is 1. The zero-order chi connectivity index (χ0) is 24.0. The highest BCUT2D eigenvalue weighted by Crippen LogP contribution is 2.31. The van der Waals surface area contributed by atoms with E-state index in [0.717, 1.165) is 61.4 Å². The Morgan fingerprint density at radius 3 is 2.52 bits per heavy atom. The number of alkyl halides is 3. The molecule has 1 aromatic heterocycles. The van der Waals surface area contributed by atoms with Gasteiger partial charge in [-0.3, -0.25) is 0 Å². The minimum Gasteiger partial charge on any atom is -0.359 e. The van der Waals surface area contributed by atoms with Gasteiger partial charge in [-0.15, -0.1) is 0 Å². The van der Waals surface area contributed by atoms with Crippen LogP contribution in [0.25, 0.3) is 11.8 Å². The van der Waals surface area contributed by atoms with Crippen LogP contribution in [-0.2, 0) is 17.4 Å². The predicted octanol–water partition coefficient (Wildman–Crippen LogP) is 3.46. The van der Waals surface area contributed by atoms with Crippen LogP contribution < -0.4 is 20.7 Å². The molecule has 1 aliphatic heterocycles. The second kappa shape index (κ2) is 8.65. The molecule has 9 heteroatoms. The Hall–Kier alpha value is -2.57. The summed E-state index contributed by atoms with van der Waals surface area (Å²) >= 11 is 0. The molecule has 3 aliphatic rings. The number of hydrogen-bond acceptors (Lipinski definition) is 3. The largest absolute Gasteiger partial charge is 0.406 e. The standard InChI is InChI=1S/C24H27F3N4OS/c1-15-8-10-18-19(13-28)22(31(21(18)12-15)16-6-4-5-7-16)20-11-9-17(14-29-20)33(32)30-23(2,3)24(25,26)27/h8-9,11-12,14,16,29-30H,4-7,10H2,1-3H3. The molecule has 1 atom stereocenters. The van der Waals surface area contributed by atoms with Gasteiger partial charge in [-0.05, 0) is 63.8 Å². The third kappa shape index (κ3) is 4.34. The molecule has 1 aromatic rings. The first-order chi connectivity index (χ1) is 15.5. The molecule has 0 bridgehead atoms. The van der Waals surface area contributed by atoms with E-state index in [1.54, 1.807) is 12.2 Å². The molecule has 0 saturated heterocycles. The van der Waals surface area contributed by atoms with Crippen molar-refractivity contribution in [2.24, 2.45) is 0 Å². The Morgan fingerprint density at radius 1 is 1.24 bits per heavy atom. The van der Waals surface area contributed by atoms with Crippen molar-refractivity contribution in [2.45, 2.75) is 70.6 Å². The highest BCUT2D eigenvalue weighted by Gasteiger charge is 2.48. The number of hydrogen-bond donors (Lipinski definition) is 2. The van der Waals surface area contributed by atoms with Crippen LogP contribution in [0.1, 0.15) is 63.6 Å². The number of allylic oxidation sites excluding steroid dienone is 3. The molecule has 1 saturated carbocycles. The zero-order valence-electron chi connectivity index (χ0n) is 18.8. The normalized spacial score (nSPS) is 21.5. The number of halogens is 3. The lowest BCUT2D eigenvalue weighted by atomic mass is 10.0. The average Bonchev–Trinajstić information content (AvgIpc) is 3.38. The number of fused-ring (bicyclic) bond motifs is 1. The summed E-state index contributed by atoms with van der Waals surface area (Å²) in [7, 11) is -2.06. The van der Waals surface area contributed by atoms with Crippen LogP contribution >= 0.6 is 0 Å². The minimum atomic E-state index is -4.54. The highest BCUT2D eigenvalue weighted by atomic mass is 32.2. The number of nitrogens with zero attached hydrogens (tertiary/aromatic N) is 2. The van der Waals surface area contributed by atoms with Crippen LogP contribution in [0.4, 0.5) is 13.2 Å². The lowest BCUT2D eigenvalue weighted by Crippen LogP contribution is -2.52. The van der Waals surface area contributed by atoms with E-state index in [-0.39, 0.29) is 10.9 Å². The van der Waals surface area contributed by atoms with Gasteiger partial charge in [0.15, 0.2) is 0 Å². The maximum absolute atomic E-state index is 13.2. The maximum Gasteiger partial charge on any atom is 0.406 e. The molecular weight excluding hydrogens is 449 g/mol. The summed E-state index contributed by atoms with van der Waals surface area (Å²) in [4.78, 5) is 0.197. The first kappa shape index (κ1) is 23.6. The fourth-order valence-electron chi connectivity index (χ4n) is 4.51. The van der Waals surface area contributed by atoms with Gasteiger partial charge in [-0.2, -0.15) is 18.4 Å². The van der Waals surface area contributed by atoms with Gasteiger partial charge in [-0.1, -0.05) is 24.5 Å². The first-order valence-electron chi connectivity index (χ1n) is 11.0. The number of dihydropyridines is 1. The second-order valence-electron chi connectivity index (χ2n) is 9.24. The monoisotopic (exact) mass is 476 g/mol. The molecule has 5 nitrogen and oxygen atoms in total. The van der Waals surface area contributed by atoms with Crippen LogP contribution in [0, 0.1) is 11.3 Å². The molecule has 2 aliphatic carbocycles. The molecule has 176 valence electrons. The lowest BCUT2D eigenvalue weighted by Gasteiger charge is -2.28. The van der Waals surface area contributed by atoms with E-state index in [1.165, 1.54) is 6.20 Å². The number of nitriles is 1. The Kier molecular flexibility index (Phi) is 6.18. The van der Waals surface area contributed by atoms with Gasteiger partial charge in [0.25, 0.3) is 0 Å². The van der Waals surface area contributed by atoms with Crippen LogP contribution in [0.5, 0.6) is 0 Å². The molecule has 0 aromatic carbocycles. The van der Waals surface area contributed by atoms with Crippen molar-refractivity contribution in [3.8, 4) is 6.07 Å². The molecule has 0 spiro atoms. The van der Waals surface area contributed by atoms with E-state index in [0.29, 0.717) is 17.7 Å². The fraction of sp³-hybridized carbons (Fsp3) is 0.458. The van der Waals surface area contributed by atoms with Crippen molar-refractivity contribution in [1.82, 2.24) is 14.6 Å². The van der Waals surface area contributed by atoms with Crippen molar-refractivity contribution >= 4 is 22.8 Å². The van der Waals surface area contributed by atoms with Gasteiger partial charge in [-0.25, -0.2) is 8.93 Å². The molecule has 1 fully saturated rings. The molecule has 33 heavy (non-hydrogen) atoms. The van der Waals surface area contributed by atoms with Crippen molar-refractivity contribution in [1.29, 1.82) is 5.26 Å². The Bertz CT molecular complexity index is 1250. The zero-order valence-corrected chi connectivity index (χ0v) is 19.7. The van der Waals surface area contributed by atoms with Gasteiger partial charge in [0, 0.05) is 17.6 Å². The third-order valence-corrected chi connectivity index (χ3v) is 7.83. The number of nitrogens with one attached hydrogen (secondary N) is 2. The van der Waals surface area contributed by atoms with Crippen LogP contribution in [0.3, 0.4) is 0 Å². The van der Waals surface area contributed by atoms with E-state index in [1.807, 2.05) is 6.92 Å². The van der Waals surface area contributed by atoms with Crippen LogP contribution in [-0.4, -0.2) is 20.5 Å². The van der Waals surface area contributed by atoms with Gasteiger partial charge in [0.05, 0.1) is 21.5 Å². The molecule has 0 radical (unpaired) electrons. The topological polar surface area (TPSA) is 69.8 Å². The maximum atomic E-state index is 13.2. The van der Waals surface area contributed by atoms with E-state index >= 15 is 0 Å². The van der Waals surface area contributed by atoms with Gasteiger partial charge >= 0.3 is 6.18 Å². The van der Waals surface area contributed by atoms with Crippen molar-refractivity contribution in [2.75, 3.05) is 0 Å². The summed E-state index contributed by atoms with van der Waals surface area (Å²) in [6.45, 7) is 3.95. The summed E-state index contributed by atoms with van der Waals surface area (Å²) in [6, 6.07) is 2.67. The highest BCUT2D eigenvalue weighted by molar-refractivity contribution is 7.87. The van der Waals surface area contributed by atoms with E-state index in [4.69, 9.17) is 0 Å². The SMILES string of the molecule is CC1=CCc2c(C#N)c(=C3C=CC(S(=O)NC(C)(C)C(F)(F)F)=CN3)n(C3CCCC3)c2=C1. The van der Waals surface area contributed by atoms with Crippen molar-refractivity contribution < 1.29 is 17.4 Å². The smallest absolute Gasteiger partial charge is 0.359 e. The summed E-state index contributed by atoms with van der Waals surface area (Å²) in [5.41, 5.74) is 1.14. The molecule has 4 rings (SSSR count). The summed E-state index contributed by atoms with van der Waals surface area (Å²) in [5, 5.41) is 15.0. The first-order valence-corrected chi connectivity index (χ1v) is 12.2. The summed E-state index contributed by atoms with van der Waals surface area (Å²) in [6.07, 6.45) is 9.40. The summed E-state index contributed by atoms with van der Waals surface area (Å²) in [5.74, 6) is 0. The van der Waals surface area contributed by atoms with E-state index in [2.05, 4.69) is 32.8 Å². The molecule has 1 unspecified atom stereocenters. The second-order valence-corrected chi connectivity index (χ2v) is 10.4. The summed E-state index contributed by atoms with van der Waals surface area (Å²) < 4.78 is 56.5. The lowest BCUT2D eigenvalue weighted by molar-refractivity contribution is -0.179. The van der Waals surface area contributed by atoms with Gasteiger partial charge < -0.3 is 9.88 Å². The molecule has 0 amide bonds. The van der Waals surface area contributed by atoms with Crippen molar-refractivity contribution in [3.05, 3.63) is 56.7 Å². The predicted molar refractivity (Wildman–Crippen MR) is 123 cm³/mol. The average molecular weight is 477 g/mol. The van der Waals surface area contributed by atoms with Gasteiger partial charge in [0.2, 0.25) is 0 Å². The molecule has 2 N–H and O–H groups in total. The molecule has 2 heterocycles. The van der Waals surface area contributed by atoms with E-state index in [9.17, 15) is 22.6 Å². The Balaban J connectivity index is 1.76. The fourth-order valence-corrected chi connectivity index (χ4v) is 5.56. The Labute approximate surface area is 193 Å². The van der Waals surface area contributed by atoms with Crippen LogP contribution in [0.2, 0.25) is 0 Å². The van der Waals surface area contributed by atoms with Crippen LogP contribution in [0.15, 0.2) is 34.9 Å². The van der Waals surface area contributed by atoms with Gasteiger partial charge in [0.1, 0.15) is 22.6 Å². The van der Waals surface area contributed by atoms with Crippen molar-refractivity contribution in [3.63, 3.8) is 0 Å².